The molecular weight excluding hydrogens is 340 g/mol. The largest absolute Gasteiger partial charge is 0.493 e. The maximum atomic E-state index is 13.0. The molecule has 0 aliphatic heterocycles. The van der Waals surface area contributed by atoms with E-state index in [0.29, 0.717) is 18.0 Å². The number of rotatable bonds is 7. The van der Waals surface area contributed by atoms with E-state index in [1.54, 1.807) is 14.2 Å². The highest BCUT2D eigenvalue weighted by Gasteiger charge is 2.28. The summed E-state index contributed by atoms with van der Waals surface area (Å²) in [7, 11) is 3.21. The number of hydrogen-bond donors (Lipinski definition) is 1. The highest BCUT2D eigenvalue weighted by atomic mass is 16.5. The van der Waals surface area contributed by atoms with Gasteiger partial charge in [-0.15, -0.1) is 0 Å². The number of urea groups is 1. The molecule has 0 saturated carbocycles. The molecule has 0 aliphatic carbocycles. The fourth-order valence-corrected chi connectivity index (χ4v) is 2.91. The van der Waals surface area contributed by atoms with Crippen molar-refractivity contribution in [1.82, 2.24) is 10.2 Å². The maximum absolute atomic E-state index is 13.0. The minimum atomic E-state index is -0.569. The molecule has 2 aromatic carbocycles. The maximum Gasteiger partial charge on any atom is 0.318 e. The second-order valence-corrected chi connectivity index (χ2v) is 7.33. The van der Waals surface area contributed by atoms with Crippen molar-refractivity contribution in [3.63, 3.8) is 0 Å². The molecule has 27 heavy (non-hydrogen) atoms. The van der Waals surface area contributed by atoms with Crippen molar-refractivity contribution in [2.45, 2.75) is 45.8 Å². The molecule has 5 heteroatoms. The van der Waals surface area contributed by atoms with Crippen LogP contribution >= 0.6 is 0 Å². The number of hydrogen-bond acceptors (Lipinski definition) is 3. The van der Waals surface area contributed by atoms with Gasteiger partial charge in [-0.2, -0.15) is 0 Å². The van der Waals surface area contributed by atoms with Crippen LogP contribution in [0.1, 0.15) is 38.8 Å². The molecule has 146 valence electrons. The lowest BCUT2D eigenvalue weighted by atomic mass is 9.94. The Balaban J connectivity index is 2.20. The predicted octanol–water partition coefficient (Wildman–Crippen LogP) is 4.56. The molecular formula is C22H30N2O3. The Morgan fingerprint density at radius 1 is 1.04 bits per heavy atom. The molecule has 0 unspecified atom stereocenters. The molecule has 0 heterocycles. The van der Waals surface area contributed by atoms with Crippen molar-refractivity contribution in [1.29, 1.82) is 0 Å². The van der Waals surface area contributed by atoms with Gasteiger partial charge < -0.3 is 19.7 Å². The van der Waals surface area contributed by atoms with Crippen LogP contribution in [0.2, 0.25) is 0 Å². The molecule has 1 N–H and O–H groups in total. The molecule has 0 atom stereocenters. The van der Waals surface area contributed by atoms with E-state index in [0.717, 1.165) is 11.1 Å². The van der Waals surface area contributed by atoms with Crippen molar-refractivity contribution in [2.24, 2.45) is 0 Å². The monoisotopic (exact) mass is 370 g/mol. The Kier molecular flexibility index (Phi) is 6.72. The molecule has 0 aliphatic rings. The average Bonchev–Trinajstić information content (AvgIpc) is 2.65. The van der Waals surface area contributed by atoms with Gasteiger partial charge in [0.15, 0.2) is 11.5 Å². The minimum Gasteiger partial charge on any atom is -0.493 e. The average molecular weight is 370 g/mol. The van der Waals surface area contributed by atoms with Crippen molar-refractivity contribution >= 4 is 6.03 Å². The summed E-state index contributed by atoms with van der Waals surface area (Å²) in [5.74, 6) is 1.30. The summed E-state index contributed by atoms with van der Waals surface area (Å²) in [6.45, 7) is 8.56. The molecule has 0 spiro atoms. The quantitative estimate of drug-likeness (QED) is 0.777. The second-order valence-electron chi connectivity index (χ2n) is 7.33. The molecule has 0 bridgehead atoms. The highest BCUT2D eigenvalue weighted by Crippen LogP contribution is 2.32. The molecule has 2 amide bonds. The van der Waals surface area contributed by atoms with E-state index in [9.17, 15) is 4.79 Å². The van der Waals surface area contributed by atoms with E-state index >= 15 is 0 Å². The second kappa shape index (κ2) is 8.80. The molecule has 0 fully saturated rings. The molecule has 2 rings (SSSR count). The Bertz CT molecular complexity index is 757. The Morgan fingerprint density at radius 2 is 1.67 bits per heavy atom. The fraction of sp³-hybridized carbons (Fsp3) is 0.409. The number of benzene rings is 2. The first-order chi connectivity index (χ1) is 12.8. The zero-order chi connectivity index (χ0) is 20.0. The van der Waals surface area contributed by atoms with Crippen LogP contribution in [0, 0.1) is 0 Å². The molecule has 0 radical (unpaired) electrons. The van der Waals surface area contributed by atoms with Crippen molar-refractivity contribution < 1.29 is 14.3 Å². The van der Waals surface area contributed by atoms with Gasteiger partial charge in [-0.3, -0.25) is 0 Å². The van der Waals surface area contributed by atoms with Crippen LogP contribution in [0.15, 0.2) is 48.5 Å². The number of carbonyl (C=O) groups excluding carboxylic acids is 1. The molecule has 2 aromatic rings. The zero-order valence-electron chi connectivity index (χ0n) is 17.1. The first kappa shape index (κ1) is 20.6. The number of amides is 2. The van der Waals surface area contributed by atoms with Crippen LogP contribution in [0.5, 0.6) is 11.5 Å². The van der Waals surface area contributed by atoms with E-state index in [1.165, 1.54) is 0 Å². The van der Waals surface area contributed by atoms with Crippen molar-refractivity contribution in [2.75, 3.05) is 14.2 Å². The lowest BCUT2D eigenvalue weighted by Gasteiger charge is -2.33. The van der Waals surface area contributed by atoms with E-state index < -0.39 is 5.54 Å². The summed E-state index contributed by atoms with van der Waals surface area (Å²) >= 11 is 0. The first-order valence-electron chi connectivity index (χ1n) is 9.13. The van der Waals surface area contributed by atoms with Crippen LogP contribution < -0.4 is 14.8 Å². The van der Waals surface area contributed by atoms with Crippen LogP contribution in [0.4, 0.5) is 4.79 Å². The summed E-state index contributed by atoms with van der Waals surface area (Å²) in [5, 5.41) is 3.15. The smallest absolute Gasteiger partial charge is 0.318 e. The third kappa shape index (κ3) is 5.16. The van der Waals surface area contributed by atoms with Crippen LogP contribution in [0.3, 0.4) is 0 Å². The summed E-state index contributed by atoms with van der Waals surface area (Å²) in [6, 6.07) is 15.7. The summed E-state index contributed by atoms with van der Waals surface area (Å²) in [6.07, 6.45) is 0. The number of methoxy groups -OCH3 is 2. The molecule has 0 saturated heterocycles. The van der Waals surface area contributed by atoms with Gasteiger partial charge in [0.2, 0.25) is 0 Å². The number of carbonyl (C=O) groups is 1. The minimum absolute atomic E-state index is 0.0754. The van der Waals surface area contributed by atoms with Gasteiger partial charge in [0.05, 0.1) is 19.8 Å². The highest BCUT2D eigenvalue weighted by molar-refractivity contribution is 5.75. The SMILES string of the molecule is COc1ccc(C(C)(C)NC(=O)N(Cc2ccccc2)C(C)C)cc1OC. The van der Waals surface area contributed by atoms with Gasteiger partial charge in [-0.05, 0) is 51.0 Å². The van der Waals surface area contributed by atoms with Crippen molar-refractivity contribution in [3.05, 3.63) is 59.7 Å². The van der Waals surface area contributed by atoms with Crippen LogP contribution in [-0.2, 0) is 12.1 Å². The lowest BCUT2D eigenvalue weighted by Crippen LogP contribution is -2.50. The van der Waals surface area contributed by atoms with E-state index in [4.69, 9.17) is 9.47 Å². The Hall–Kier alpha value is -2.69. The van der Waals surface area contributed by atoms with Gasteiger partial charge >= 0.3 is 6.03 Å². The van der Waals surface area contributed by atoms with Crippen LogP contribution in [0.25, 0.3) is 0 Å². The molecule has 5 nitrogen and oxygen atoms in total. The standard InChI is InChI=1S/C22H30N2O3/c1-16(2)24(15-17-10-8-7-9-11-17)21(25)23-22(3,4)18-12-13-19(26-5)20(14-18)27-6/h7-14,16H,15H2,1-6H3,(H,23,25). The van der Waals surface area contributed by atoms with Gasteiger partial charge in [-0.25, -0.2) is 4.79 Å². The number of nitrogens with zero attached hydrogens (tertiary/aromatic N) is 1. The summed E-state index contributed by atoms with van der Waals surface area (Å²) in [5.41, 5.74) is 1.47. The van der Waals surface area contributed by atoms with Gasteiger partial charge in [-0.1, -0.05) is 36.4 Å². The van der Waals surface area contributed by atoms with E-state index in [1.807, 2.05) is 81.1 Å². The summed E-state index contributed by atoms with van der Waals surface area (Å²) in [4.78, 5) is 14.8. The van der Waals surface area contributed by atoms with E-state index in [2.05, 4.69) is 5.32 Å². The Morgan fingerprint density at radius 3 is 2.22 bits per heavy atom. The lowest BCUT2D eigenvalue weighted by molar-refractivity contribution is 0.169. The van der Waals surface area contributed by atoms with E-state index in [-0.39, 0.29) is 12.1 Å². The normalized spacial score (nSPS) is 11.2. The number of ether oxygens (including phenoxy) is 2. The zero-order valence-corrected chi connectivity index (χ0v) is 17.1. The van der Waals surface area contributed by atoms with Crippen LogP contribution in [-0.4, -0.2) is 31.2 Å². The fourth-order valence-electron chi connectivity index (χ4n) is 2.91. The van der Waals surface area contributed by atoms with Gasteiger partial charge in [0, 0.05) is 12.6 Å². The van der Waals surface area contributed by atoms with Gasteiger partial charge in [0.1, 0.15) is 0 Å². The molecule has 0 aromatic heterocycles. The Labute approximate surface area is 162 Å². The first-order valence-corrected chi connectivity index (χ1v) is 9.13. The number of nitrogens with one attached hydrogen (secondary N) is 1. The van der Waals surface area contributed by atoms with Gasteiger partial charge in [0.25, 0.3) is 0 Å². The van der Waals surface area contributed by atoms with Crippen molar-refractivity contribution in [3.8, 4) is 11.5 Å². The predicted molar refractivity (Wildman–Crippen MR) is 108 cm³/mol. The topological polar surface area (TPSA) is 50.8 Å². The third-order valence-electron chi connectivity index (χ3n) is 4.60. The third-order valence-corrected chi connectivity index (χ3v) is 4.60. The summed E-state index contributed by atoms with van der Waals surface area (Å²) < 4.78 is 10.7.